The van der Waals surface area contributed by atoms with Crippen LogP contribution in [-0.2, 0) is 4.74 Å². The number of alkyl halides is 2. The van der Waals surface area contributed by atoms with Gasteiger partial charge in [-0.1, -0.05) is 26.8 Å². The van der Waals surface area contributed by atoms with Gasteiger partial charge < -0.3 is 4.74 Å². The fourth-order valence-corrected chi connectivity index (χ4v) is 1.33. The minimum absolute atomic E-state index is 0.157. The lowest BCUT2D eigenvalue weighted by atomic mass is 9.90. The van der Waals surface area contributed by atoms with E-state index in [-0.39, 0.29) is 11.5 Å². The normalized spacial score (nSPS) is 13.9. The molecule has 0 rings (SSSR count). The molecule has 0 fully saturated rings. The van der Waals surface area contributed by atoms with Gasteiger partial charge in [-0.3, -0.25) is 0 Å². The summed E-state index contributed by atoms with van der Waals surface area (Å²) >= 11 is 0. The molecule has 0 aromatic carbocycles. The van der Waals surface area contributed by atoms with Crippen molar-refractivity contribution in [3.63, 3.8) is 0 Å². The first-order valence-electron chi connectivity index (χ1n) is 6.29. The highest BCUT2D eigenvalue weighted by molar-refractivity contribution is 4.94. The summed E-state index contributed by atoms with van der Waals surface area (Å²) in [5, 5.41) is 0. The van der Waals surface area contributed by atoms with Crippen LogP contribution in [0.25, 0.3) is 0 Å². The molecule has 0 N–H and O–H groups in total. The SMILES string of the molecule is CC(C)OCC(F)(F)C=CCCCC(C)(C)C. The summed E-state index contributed by atoms with van der Waals surface area (Å²) in [6.07, 6.45) is 5.07. The summed E-state index contributed by atoms with van der Waals surface area (Å²) in [6.45, 7) is 9.44. The van der Waals surface area contributed by atoms with Crippen LogP contribution in [-0.4, -0.2) is 18.6 Å². The zero-order chi connectivity index (χ0) is 13.5. The maximum absolute atomic E-state index is 13.2. The van der Waals surface area contributed by atoms with Crippen molar-refractivity contribution in [3.8, 4) is 0 Å². The average Bonchev–Trinajstić information content (AvgIpc) is 2.12. The minimum atomic E-state index is -2.84. The van der Waals surface area contributed by atoms with Crippen LogP contribution in [0.5, 0.6) is 0 Å². The lowest BCUT2D eigenvalue weighted by Gasteiger charge is -2.17. The number of hydrogen-bond acceptors (Lipinski definition) is 1. The third-order valence-electron chi connectivity index (χ3n) is 2.27. The fourth-order valence-electron chi connectivity index (χ4n) is 1.33. The number of hydrogen-bond donors (Lipinski definition) is 0. The molecule has 102 valence electrons. The van der Waals surface area contributed by atoms with Gasteiger partial charge in [0.1, 0.15) is 6.61 Å². The van der Waals surface area contributed by atoms with Crippen LogP contribution in [0.1, 0.15) is 53.9 Å². The van der Waals surface area contributed by atoms with Crippen molar-refractivity contribution >= 4 is 0 Å². The lowest BCUT2D eigenvalue weighted by Crippen LogP contribution is -2.23. The van der Waals surface area contributed by atoms with Gasteiger partial charge in [0.2, 0.25) is 0 Å². The van der Waals surface area contributed by atoms with Gasteiger partial charge in [0.25, 0.3) is 5.92 Å². The van der Waals surface area contributed by atoms with Crippen LogP contribution >= 0.6 is 0 Å². The molecule has 0 amide bonds. The third-order valence-corrected chi connectivity index (χ3v) is 2.27. The summed E-state index contributed by atoms with van der Waals surface area (Å²) < 4.78 is 31.4. The standard InChI is InChI=1S/C14H26F2O/c1-12(2)17-11-14(15,16)10-8-6-7-9-13(3,4)5/h8,10,12H,6-7,9,11H2,1-5H3. The molecule has 0 bridgehead atoms. The Kier molecular flexibility index (Phi) is 6.91. The Labute approximate surface area is 104 Å². The quantitative estimate of drug-likeness (QED) is 0.463. The summed E-state index contributed by atoms with van der Waals surface area (Å²) in [4.78, 5) is 0. The molecule has 3 heteroatoms. The van der Waals surface area contributed by atoms with Crippen molar-refractivity contribution in [1.29, 1.82) is 0 Å². The van der Waals surface area contributed by atoms with E-state index in [0.717, 1.165) is 18.9 Å². The summed E-state index contributed by atoms with van der Waals surface area (Å²) in [7, 11) is 0. The molecular formula is C14H26F2O. The van der Waals surface area contributed by atoms with Crippen LogP contribution in [0.15, 0.2) is 12.2 Å². The van der Waals surface area contributed by atoms with Crippen molar-refractivity contribution < 1.29 is 13.5 Å². The molecule has 0 aliphatic heterocycles. The van der Waals surface area contributed by atoms with Crippen LogP contribution < -0.4 is 0 Å². The molecule has 0 heterocycles. The maximum Gasteiger partial charge on any atom is 0.289 e. The molecule has 1 nitrogen and oxygen atoms in total. The van der Waals surface area contributed by atoms with Crippen LogP contribution in [0.3, 0.4) is 0 Å². The molecule has 0 aromatic rings. The van der Waals surface area contributed by atoms with E-state index < -0.39 is 12.5 Å². The summed E-state index contributed by atoms with van der Waals surface area (Å²) in [6, 6.07) is 0. The largest absolute Gasteiger partial charge is 0.372 e. The van der Waals surface area contributed by atoms with Gasteiger partial charge in [0.15, 0.2) is 0 Å². The van der Waals surface area contributed by atoms with E-state index in [0.29, 0.717) is 6.42 Å². The van der Waals surface area contributed by atoms with Crippen LogP contribution in [0, 0.1) is 5.41 Å². The summed E-state index contributed by atoms with van der Waals surface area (Å²) in [5.41, 5.74) is 0.275. The lowest BCUT2D eigenvalue weighted by molar-refractivity contribution is -0.0595. The molecule has 0 saturated heterocycles. The van der Waals surface area contributed by atoms with Crippen LogP contribution in [0.2, 0.25) is 0 Å². The molecule has 0 saturated carbocycles. The van der Waals surface area contributed by atoms with Gasteiger partial charge in [0.05, 0.1) is 6.10 Å². The highest BCUT2D eigenvalue weighted by Gasteiger charge is 2.25. The molecule has 0 aromatic heterocycles. The van der Waals surface area contributed by atoms with Crippen molar-refractivity contribution in [2.45, 2.75) is 65.9 Å². The molecule has 0 atom stereocenters. The summed E-state index contributed by atoms with van der Waals surface area (Å²) in [5.74, 6) is -2.84. The molecule has 0 aliphatic carbocycles. The van der Waals surface area contributed by atoms with Gasteiger partial charge in [-0.25, -0.2) is 0 Å². The Hall–Kier alpha value is -0.440. The van der Waals surface area contributed by atoms with Gasteiger partial charge in [0, 0.05) is 0 Å². The van der Waals surface area contributed by atoms with Crippen LogP contribution in [0.4, 0.5) is 8.78 Å². The predicted molar refractivity (Wildman–Crippen MR) is 68.5 cm³/mol. The number of rotatable bonds is 7. The Morgan fingerprint density at radius 1 is 1.18 bits per heavy atom. The van der Waals surface area contributed by atoms with Gasteiger partial charge in [-0.2, -0.15) is 8.78 Å². The molecule has 0 aliphatic rings. The van der Waals surface area contributed by atoms with E-state index in [2.05, 4.69) is 20.8 Å². The molecule has 17 heavy (non-hydrogen) atoms. The van der Waals surface area contributed by atoms with Crippen molar-refractivity contribution in [1.82, 2.24) is 0 Å². The number of ether oxygens (including phenoxy) is 1. The smallest absolute Gasteiger partial charge is 0.289 e. The van der Waals surface area contributed by atoms with E-state index in [4.69, 9.17) is 4.74 Å². The predicted octanol–water partition coefficient (Wildman–Crippen LogP) is 4.82. The van der Waals surface area contributed by atoms with Crippen molar-refractivity contribution in [2.75, 3.05) is 6.61 Å². The maximum atomic E-state index is 13.2. The first-order chi connectivity index (χ1) is 7.62. The fraction of sp³-hybridized carbons (Fsp3) is 0.857. The zero-order valence-electron chi connectivity index (χ0n) is 11.7. The van der Waals surface area contributed by atoms with Crippen molar-refractivity contribution in [3.05, 3.63) is 12.2 Å². The van der Waals surface area contributed by atoms with E-state index >= 15 is 0 Å². The Bertz CT molecular complexity index is 227. The Morgan fingerprint density at radius 3 is 2.24 bits per heavy atom. The highest BCUT2D eigenvalue weighted by Crippen LogP contribution is 2.22. The monoisotopic (exact) mass is 248 g/mol. The van der Waals surface area contributed by atoms with Crippen molar-refractivity contribution in [2.24, 2.45) is 5.41 Å². The Morgan fingerprint density at radius 2 is 1.76 bits per heavy atom. The number of unbranched alkanes of at least 4 members (excludes halogenated alkanes) is 1. The third kappa shape index (κ3) is 11.8. The van der Waals surface area contributed by atoms with Gasteiger partial charge in [-0.15, -0.1) is 0 Å². The highest BCUT2D eigenvalue weighted by atomic mass is 19.3. The second-order valence-electron chi connectivity index (χ2n) is 5.98. The molecule has 0 spiro atoms. The van der Waals surface area contributed by atoms with E-state index in [9.17, 15) is 8.78 Å². The van der Waals surface area contributed by atoms with E-state index in [1.54, 1.807) is 19.9 Å². The molecule has 0 unspecified atom stereocenters. The topological polar surface area (TPSA) is 9.23 Å². The zero-order valence-corrected chi connectivity index (χ0v) is 11.7. The average molecular weight is 248 g/mol. The first-order valence-corrected chi connectivity index (χ1v) is 6.29. The van der Waals surface area contributed by atoms with Gasteiger partial charge in [-0.05, 0) is 44.6 Å². The number of halogens is 2. The molecule has 0 radical (unpaired) electrons. The molecular weight excluding hydrogens is 222 g/mol. The minimum Gasteiger partial charge on any atom is -0.372 e. The second kappa shape index (κ2) is 7.10. The first kappa shape index (κ1) is 16.6. The van der Waals surface area contributed by atoms with E-state index in [1.807, 2.05) is 0 Å². The van der Waals surface area contributed by atoms with E-state index in [1.165, 1.54) is 0 Å². The van der Waals surface area contributed by atoms with Gasteiger partial charge >= 0.3 is 0 Å². The second-order valence-corrected chi connectivity index (χ2v) is 5.98. The number of allylic oxidation sites excluding steroid dienone is 1. The Balaban J connectivity index is 3.82.